The van der Waals surface area contributed by atoms with Crippen LogP contribution in [0, 0.1) is 6.92 Å². The zero-order valence-electron chi connectivity index (χ0n) is 20.9. The van der Waals surface area contributed by atoms with Crippen molar-refractivity contribution in [2.45, 2.75) is 58.2 Å². The molecule has 0 radical (unpaired) electrons. The Kier molecular flexibility index (Phi) is 7.85. The van der Waals surface area contributed by atoms with Crippen molar-refractivity contribution in [2.24, 2.45) is 0 Å². The van der Waals surface area contributed by atoms with Crippen molar-refractivity contribution in [1.29, 1.82) is 0 Å². The predicted octanol–water partition coefficient (Wildman–Crippen LogP) is 7.25. The molecule has 1 aliphatic rings. The second-order valence-corrected chi connectivity index (χ2v) is 9.92. The van der Waals surface area contributed by atoms with Crippen molar-refractivity contribution in [3.8, 4) is 17.1 Å². The number of ether oxygens (including phenoxy) is 1. The van der Waals surface area contributed by atoms with Gasteiger partial charge in [-0.15, -0.1) is 0 Å². The number of halogens is 1. The summed E-state index contributed by atoms with van der Waals surface area (Å²) < 4.78 is 11.6. The fourth-order valence-corrected chi connectivity index (χ4v) is 4.90. The van der Waals surface area contributed by atoms with Crippen LogP contribution in [0.25, 0.3) is 11.4 Å². The van der Waals surface area contributed by atoms with E-state index >= 15 is 0 Å². The van der Waals surface area contributed by atoms with Gasteiger partial charge in [0.1, 0.15) is 18.9 Å². The number of benzene rings is 3. The number of rotatable bonds is 8. The summed E-state index contributed by atoms with van der Waals surface area (Å²) in [4.78, 5) is 20.3. The number of amides is 1. The Bertz CT molecular complexity index is 1350. The summed E-state index contributed by atoms with van der Waals surface area (Å²) in [6.07, 6.45) is 5.34. The monoisotopic (exact) mass is 515 g/mol. The van der Waals surface area contributed by atoms with E-state index in [9.17, 15) is 4.79 Å². The van der Waals surface area contributed by atoms with Crippen molar-refractivity contribution in [1.82, 2.24) is 15.0 Å². The summed E-state index contributed by atoms with van der Waals surface area (Å²) in [5, 5.41) is 4.82. The van der Waals surface area contributed by atoms with Crippen LogP contribution in [0.4, 0.5) is 0 Å². The highest BCUT2D eigenvalue weighted by atomic mass is 35.5. The largest absolute Gasteiger partial charge is 0.489 e. The van der Waals surface area contributed by atoms with E-state index in [1.165, 1.54) is 12.0 Å². The van der Waals surface area contributed by atoms with Gasteiger partial charge >= 0.3 is 0 Å². The molecule has 190 valence electrons. The number of aryl methyl sites for hydroxylation is 1. The van der Waals surface area contributed by atoms with E-state index in [-0.39, 0.29) is 18.5 Å². The number of aromatic nitrogens is 2. The van der Waals surface area contributed by atoms with Gasteiger partial charge in [-0.3, -0.25) is 4.79 Å². The minimum Gasteiger partial charge on any atom is -0.489 e. The van der Waals surface area contributed by atoms with Crippen LogP contribution in [0.15, 0.2) is 77.3 Å². The molecule has 0 bridgehead atoms. The maximum absolute atomic E-state index is 13.8. The molecule has 0 N–H and O–H groups in total. The molecule has 0 atom stereocenters. The minimum atomic E-state index is -0.0646. The highest BCUT2D eigenvalue weighted by Crippen LogP contribution is 2.27. The molecular formula is C30H30ClN3O3. The van der Waals surface area contributed by atoms with Crippen molar-refractivity contribution >= 4 is 17.5 Å². The number of carbonyl (C=O) groups excluding carboxylic acids is 1. The van der Waals surface area contributed by atoms with Crippen LogP contribution >= 0.6 is 11.6 Å². The first kappa shape index (κ1) is 25.0. The van der Waals surface area contributed by atoms with Gasteiger partial charge < -0.3 is 14.2 Å². The van der Waals surface area contributed by atoms with Gasteiger partial charge in [-0.1, -0.05) is 90.1 Å². The second kappa shape index (κ2) is 11.6. The molecular weight excluding hydrogens is 486 g/mol. The Balaban J connectivity index is 1.34. The molecule has 1 saturated carbocycles. The molecule has 1 heterocycles. The van der Waals surface area contributed by atoms with E-state index < -0.39 is 0 Å². The highest BCUT2D eigenvalue weighted by Gasteiger charge is 2.28. The van der Waals surface area contributed by atoms with E-state index in [0.717, 1.165) is 36.8 Å². The van der Waals surface area contributed by atoms with Gasteiger partial charge in [0.25, 0.3) is 5.91 Å². The van der Waals surface area contributed by atoms with E-state index in [4.69, 9.17) is 20.9 Å². The van der Waals surface area contributed by atoms with Crippen LogP contribution < -0.4 is 4.74 Å². The van der Waals surface area contributed by atoms with E-state index in [1.807, 2.05) is 78.6 Å². The summed E-state index contributed by atoms with van der Waals surface area (Å²) in [6, 6.07) is 23.0. The van der Waals surface area contributed by atoms with Gasteiger partial charge in [-0.2, -0.15) is 4.98 Å². The highest BCUT2D eigenvalue weighted by molar-refractivity contribution is 6.31. The van der Waals surface area contributed by atoms with E-state index in [2.05, 4.69) is 10.1 Å². The lowest BCUT2D eigenvalue weighted by Crippen LogP contribution is -2.41. The number of nitrogens with zero attached hydrogens (tertiary/aromatic N) is 3. The third kappa shape index (κ3) is 6.20. The van der Waals surface area contributed by atoms with Gasteiger partial charge in [-0.05, 0) is 44.0 Å². The third-order valence-electron chi connectivity index (χ3n) is 6.79. The first-order chi connectivity index (χ1) is 18.1. The summed E-state index contributed by atoms with van der Waals surface area (Å²) >= 11 is 6.26. The molecule has 6 nitrogen and oxygen atoms in total. The smallest absolute Gasteiger partial charge is 0.254 e. The molecule has 4 aromatic rings. The summed E-state index contributed by atoms with van der Waals surface area (Å²) in [5.41, 5.74) is 3.52. The third-order valence-corrected chi connectivity index (χ3v) is 7.16. The fraction of sp³-hybridized carbons (Fsp3) is 0.300. The Morgan fingerprint density at radius 1 is 1.03 bits per heavy atom. The molecule has 1 aromatic heterocycles. The fourth-order valence-electron chi connectivity index (χ4n) is 4.71. The summed E-state index contributed by atoms with van der Waals surface area (Å²) in [5.74, 6) is 1.51. The molecule has 0 unspecified atom stereocenters. The van der Waals surface area contributed by atoms with Gasteiger partial charge in [0.05, 0.1) is 0 Å². The van der Waals surface area contributed by atoms with E-state index in [1.54, 1.807) is 6.07 Å². The van der Waals surface area contributed by atoms with Crippen LogP contribution in [0.1, 0.15) is 59.5 Å². The van der Waals surface area contributed by atoms with Gasteiger partial charge in [0, 0.05) is 27.8 Å². The first-order valence-electron chi connectivity index (χ1n) is 12.7. The van der Waals surface area contributed by atoms with Gasteiger partial charge in [0.2, 0.25) is 11.7 Å². The van der Waals surface area contributed by atoms with E-state index in [0.29, 0.717) is 34.7 Å². The van der Waals surface area contributed by atoms with Crippen LogP contribution in [0.3, 0.4) is 0 Å². The van der Waals surface area contributed by atoms with Gasteiger partial charge in [0.15, 0.2) is 0 Å². The number of hydrogen-bond donors (Lipinski definition) is 0. The average molecular weight is 516 g/mol. The molecule has 37 heavy (non-hydrogen) atoms. The lowest BCUT2D eigenvalue weighted by molar-refractivity contribution is 0.0585. The summed E-state index contributed by atoms with van der Waals surface area (Å²) in [6.45, 7) is 2.64. The Morgan fingerprint density at radius 2 is 1.81 bits per heavy atom. The van der Waals surface area contributed by atoms with Crippen LogP contribution in [0.5, 0.6) is 5.75 Å². The van der Waals surface area contributed by atoms with Crippen LogP contribution in [-0.4, -0.2) is 27.0 Å². The molecule has 0 spiro atoms. The lowest BCUT2D eigenvalue weighted by Gasteiger charge is -2.33. The molecule has 1 aliphatic carbocycles. The average Bonchev–Trinajstić information content (AvgIpc) is 3.41. The molecule has 5 rings (SSSR count). The topological polar surface area (TPSA) is 68.5 Å². The van der Waals surface area contributed by atoms with Gasteiger partial charge in [-0.25, -0.2) is 0 Å². The number of carbonyl (C=O) groups is 1. The SMILES string of the molecule is Cc1ccc(-c2noc(CN(C(=O)c3cccc(OCc4ccccc4Cl)c3)C3CCCCC3)n2)cc1. The Morgan fingerprint density at radius 3 is 2.59 bits per heavy atom. The van der Waals surface area contributed by atoms with Crippen molar-refractivity contribution in [3.63, 3.8) is 0 Å². The maximum atomic E-state index is 13.8. The first-order valence-corrected chi connectivity index (χ1v) is 13.1. The van der Waals surface area contributed by atoms with Crippen molar-refractivity contribution < 1.29 is 14.1 Å². The standard InChI is InChI=1S/C30H30ClN3O3/c1-21-14-16-22(17-15-21)29-32-28(37-33-29)19-34(25-10-3-2-4-11-25)30(35)23-9-7-12-26(18-23)36-20-24-8-5-6-13-27(24)31/h5-9,12-18,25H,2-4,10-11,19-20H2,1H3. The molecule has 0 aliphatic heterocycles. The molecule has 0 saturated heterocycles. The van der Waals surface area contributed by atoms with Crippen LogP contribution in [0.2, 0.25) is 5.02 Å². The Hall–Kier alpha value is -3.64. The quantitative estimate of drug-likeness (QED) is 0.247. The zero-order chi connectivity index (χ0) is 25.6. The normalized spacial score (nSPS) is 13.9. The number of hydrogen-bond acceptors (Lipinski definition) is 5. The van der Waals surface area contributed by atoms with Crippen molar-refractivity contribution in [3.05, 3.63) is 100 Å². The molecule has 3 aromatic carbocycles. The second-order valence-electron chi connectivity index (χ2n) is 9.51. The van der Waals surface area contributed by atoms with Crippen molar-refractivity contribution in [2.75, 3.05) is 0 Å². The predicted molar refractivity (Wildman–Crippen MR) is 143 cm³/mol. The maximum Gasteiger partial charge on any atom is 0.254 e. The molecule has 1 amide bonds. The van der Waals surface area contributed by atoms with Crippen LogP contribution in [-0.2, 0) is 13.2 Å². The molecule has 7 heteroatoms. The zero-order valence-corrected chi connectivity index (χ0v) is 21.7. The minimum absolute atomic E-state index is 0.0646. The molecule has 1 fully saturated rings. The summed E-state index contributed by atoms with van der Waals surface area (Å²) in [7, 11) is 0. The lowest BCUT2D eigenvalue weighted by atomic mass is 9.93. The Labute approximate surface area is 222 Å².